The standard InChI is InChI=1S/C33H63NO9/c1-3-5-7-9-11-13-14-16-18-20-22-28(37)34-25(24-42-33-32(41)31(40)30(39)27(23-35)43-33)29(38)26(36)21-19-17-15-12-10-8-6-4-2/h10,12,25-27,29-33,35-36,38-41H,3-9,11,13-24H2,1-2H3,(H,34,37)/b12-10+/t25?,26?,27-,29?,30-,31+,32-,33-/m1/s1. The van der Waals surface area contributed by atoms with Gasteiger partial charge in [-0.1, -0.05) is 103 Å². The maximum absolute atomic E-state index is 12.8. The Morgan fingerprint density at radius 3 is 1.98 bits per heavy atom. The Morgan fingerprint density at radius 2 is 1.37 bits per heavy atom. The van der Waals surface area contributed by atoms with Crippen LogP contribution in [-0.4, -0.2) is 98.7 Å². The number of hydrogen-bond acceptors (Lipinski definition) is 9. The number of unbranched alkanes of at least 4 members (excludes halogenated alkanes) is 13. The topological polar surface area (TPSA) is 169 Å². The van der Waals surface area contributed by atoms with Gasteiger partial charge in [-0.3, -0.25) is 4.79 Å². The van der Waals surface area contributed by atoms with Crippen LogP contribution < -0.4 is 5.32 Å². The van der Waals surface area contributed by atoms with Crippen molar-refractivity contribution in [1.82, 2.24) is 5.32 Å². The summed E-state index contributed by atoms with van der Waals surface area (Å²) >= 11 is 0. The van der Waals surface area contributed by atoms with Crippen LogP contribution in [0.3, 0.4) is 0 Å². The smallest absolute Gasteiger partial charge is 0.220 e. The number of amides is 1. The number of ether oxygens (including phenoxy) is 2. The maximum Gasteiger partial charge on any atom is 0.220 e. The predicted octanol–water partition coefficient (Wildman–Crippen LogP) is 3.63. The highest BCUT2D eigenvalue weighted by molar-refractivity contribution is 5.76. The molecule has 0 bridgehead atoms. The van der Waals surface area contributed by atoms with Gasteiger partial charge in [0, 0.05) is 6.42 Å². The number of aliphatic hydroxyl groups excluding tert-OH is 6. The molecule has 1 aliphatic rings. The second-order valence-electron chi connectivity index (χ2n) is 12.1. The molecule has 43 heavy (non-hydrogen) atoms. The first-order valence-corrected chi connectivity index (χ1v) is 17.0. The van der Waals surface area contributed by atoms with Crippen molar-refractivity contribution >= 4 is 5.91 Å². The van der Waals surface area contributed by atoms with Crippen LogP contribution in [-0.2, 0) is 14.3 Å². The minimum Gasteiger partial charge on any atom is -0.394 e. The van der Waals surface area contributed by atoms with E-state index in [1.54, 1.807) is 0 Å². The SMILES string of the molecule is CCCC/C=C/CCCCC(O)C(O)C(CO[C@@H]1O[C@H](CO)[C@@H](O)[C@H](O)[C@H]1O)NC(=O)CCCCCCCCCCCC. The fourth-order valence-electron chi connectivity index (χ4n) is 5.29. The zero-order valence-corrected chi connectivity index (χ0v) is 26.8. The lowest BCUT2D eigenvalue weighted by molar-refractivity contribution is -0.303. The van der Waals surface area contributed by atoms with E-state index >= 15 is 0 Å². The molecule has 1 aliphatic heterocycles. The van der Waals surface area contributed by atoms with Crippen molar-refractivity contribution in [1.29, 1.82) is 0 Å². The van der Waals surface area contributed by atoms with Crippen LogP contribution >= 0.6 is 0 Å². The quantitative estimate of drug-likeness (QED) is 0.0566. The van der Waals surface area contributed by atoms with Gasteiger partial charge in [0.05, 0.1) is 25.4 Å². The molecule has 1 heterocycles. The largest absolute Gasteiger partial charge is 0.394 e. The van der Waals surface area contributed by atoms with Gasteiger partial charge in [-0.25, -0.2) is 0 Å². The van der Waals surface area contributed by atoms with E-state index in [2.05, 4.69) is 31.3 Å². The summed E-state index contributed by atoms with van der Waals surface area (Å²) in [5.74, 6) is -0.273. The molecule has 1 rings (SSSR count). The summed E-state index contributed by atoms with van der Waals surface area (Å²) in [4.78, 5) is 12.8. The first-order chi connectivity index (χ1) is 20.8. The molecule has 0 radical (unpaired) electrons. The van der Waals surface area contributed by atoms with Crippen molar-refractivity contribution < 1.29 is 44.9 Å². The molecular weight excluding hydrogens is 554 g/mol. The number of carbonyl (C=O) groups excluding carboxylic acids is 1. The van der Waals surface area contributed by atoms with E-state index in [9.17, 15) is 35.4 Å². The first kappa shape index (κ1) is 39.9. The molecule has 0 aromatic heterocycles. The van der Waals surface area contributed by atoms with E-state index < -0.39 is 55.6 Å². The summed E-state index contributed by atoms with van der Waals surface area (Å²) in [6, 6.07) is -0.994. The van der Waals surface area contributed by atoms with Gasteiger partial charge in [0.15, 0.2) is 6.29 Å². The number of aliphatic hydroxyl groups is 6. The van der Waals surface area contributed by atoms with E-state index in [0.29, 0.717) is 19.3 Å². The van der Waals surface area contributed by atoms with Gasteiger partial charge in [0.25, 0.3) is 0 Å². The summed E-state index contributed by atoms with van der Waals surface area (Å²) in [6.45, 7) is 3.46. The Bertz CT molecular complexity index is 708. The molecule has 0 aromatic carbocycles. The molecular formula is C33H63NO9. The Kier molecular flexibility index (Phi) is 23.3. The lowest BCUT2D eigenvalue weighted by atomic mass is 9.98. The van der Waals surface area contributed by atoms with Crippen LogP contribution in [0.5, 0.6) is 0 Å². The summed E-state index contributed by atoms with van der Waals surface area (Å²) in [7, 11) is 0. The summed E-state index contributed by atoms with van der Waals surface area (Å²) < 4.78 is 11.0. The van der Waals surface area contributed by atoms with Crippen LogP contribution in [0, 0.1) is 0 Å². The zero-order valence-electron chi connectivity index (χ0n) is 26.8. The van der Waals surface area contributed by atoms with Gasteiger partial charge in [0.2, 0.25) is 5.91 Å². The van der Waals surface area contributed by atoms with Gasteiger partial charge in [0.1, 0.15) is 30.5 Å². The van der Waals surface area contributed by atoms with E-state index in [0.717, 1.165) is 44.9 Å². The number of carbonyl (C=O) groups is 1. The van der Waals surface area contributed by atoms with Gasteiger partial charge in [-0.05, 0) is 32.1 Å². The minimum atomic E-state index is -1.60. The molecule has 10 heteroatoms. The Morgan fingerprint density at radius 1 is 0.791 bits per heavy atom. The van der Waals surface area contributed by atoms with Gasteiger partial charge < -0.3 is 45.4 Å². The summed E-state index contributed by atoms with van der Waals surface area (Å²) in [6.07, 6.45) is 12.5. The van der Waals surface area contributed by atoms with Crippen molar-refractivity contribution in [2.24, 2.45) is 0 Å². The highest BCUT2D eigenvalue weighted by Gasteiger charge is 2.44. The maximum atomic E-state index is 12.8. The number of nitrogens with one attached hydrogen (secondary N) is 1. The number of hydrogen-bond donors (Lipinski definition) is 7. The molecule has 254 valence electrons. The molecule has 0 aromatic rings. The summed E-state index contributed by atoms with van der Waals surface area (Å²) in [5, 5.41) is 64.3. The predicted molar refractivity (Wildman–Crippen MR) is 167 cm³/mol. The Balaban J connectivity index is 2.59. The highest BCUT2D eigenvalue weighted by atomic mass is 16.7. The fourth-order valence-corrected chi connectivity index (χ4v) is 5.29. The molecule has 3 unspecified atom stereocenters. The molecule has 10 nitrogen and oxygen atoms in total. The molecule has 0 aliphatic carbocycles. The molecule has 1 saturated heterocycles. The third-order valence-electron chi connectivity index (χ3n) is 8.21. The van der Waals surface area contributed by atoms with Crippen LogP contribution in [0.15, 0.2) is 12.2 Å². The molecule has 1 fully saturated rings. The molecule has 1 amide bonds. The number of allylic oxidation sites excluding steroid dienone is 2. The van der Waals surface area contributed by atoms with Crippen LogP contribution in [0.4, 0.5) is 0 Å². The molecule has 0 saturated carbocycles. The molecule has 8 atom stereocenters. The molecule has 7 N–H and O–H groups in total. The first-order valence-electron chi connectivity index (χ1n) is 17.0. The third-order valence-corrected chi connectivity index (χ3v) is 8.21. The lowest BCUT2D eigenvalue weighted by Crippen LogP contribution is -2.60. The summed E-state index contributed by atoms with van der Waals surface area (Å²) in [5.41, 5.74) is 0. The van der Waals surface area contributed by atoms with Crippen molar-refractivity contribution in [2.45, 2.75) is 178 Å². The lowest BCUT2D eigenvalue weighted by Gasteiger charge is -2.40. The van der Waals surface area contributed by atoms with E-state index in [4.69, 9.17) is 9.47 Å². The average Bonchev–Trinajstić information content (AvgIpc) is 3.00. The number of rotatable bonds is 26. The Labute approximate surface area is 259 Å². The van der Waals surface area contributed by atoms with E-state index in [-0.39, 0.29) is 18.9 Å². The van der Waals surface area contributed by atoms with Gasteiger partial charge in [-0.15, -0.1) is 0 Å². The average molecular weight is 618 g/mol. The fraction of sp³-hybridized carbons (Fsp3) is 0.909. The third kappa shape index (κ3) is 17.2. The van der Waals surface area contributed by atoms with E-state index in [1.165, 1.54) is 44.9 Å². The zero-order chi connectivity index (χ0) is 31.9. The Hall–Kier alpha value is -1.11. The van der Waals surface area contributed by atoms with Crippen molar-refractivity contribution in [2.75, 3.05) is 13.2 Å². The second kappa shape index (κ2) is 25.1. The second-order valence-corrected chi connectivity index (χ2v) is 12.1. The monoisotopic (exact) mass is 617 g/mol. The highest BCUT2D eigenvalue weighted by Crippen LogP contribution is 2.23. The van der Waals surface area contributed by atoms with Crippen LogP contribution in [0.25, 0.3) is 0 Å². The molecule has 0 spiro atoms. The van der Waals surface area contributed by atoms with Crippen LogP contribution in [0.2, 0.25) is 0 Å². The van der Waals surface area contributed by atoms with Gasteiger partial charge in [-0.2, -0.15) is 0 Å². The minimum absolute atomic E-state index is 0.273. The van der Waals surface area contributed by atoms with Gasteiger partial charge >= 0.3 is 0 Å². The van der Waals surface area contributed by atoms with Crippen molar-refractivity contribution in [3.05, 3.63) is 12.2 Å². The van der Waals surface area contributed by atoms with Crippen molar-refractivity contribution in [3.63, 3.8) is 0 Å². The van der Waals surface area contributed by atoms with Crippen molar-refractivity contribution in [3.8, 4) is 0 Å². The normalized spacial score (nSPS) is 24.7. The van der Waals surface area contributed by atoms with Crippen LogP contribution in [0.1, 0.15) is 129 Å². The van der Waals surface area contributed by atoms with E-state index in [1.807, 2.05) is 0 Å².